The van der Waals surface area contributed by atoms with Gasteiger partial charge in [0.1, 0.15) is 0 Å². The summed E-state index contributed by atoms with van der Waals surface area (Å²) in [6, 6.07) is 8.50. The molecule has 0 fully saturated rings. The highest BCUT2D eigenvalue weighted by Crippen LogP contribution is 2.32. The first-order valence-electron chi connectivity index (χ1n) is 5.10. The molecule has 2 atom stereocenters. The summed E-state index contributed by atoms with van der Waals surface area (Å²) < 4.78 is 5.87. The Balaban J connectivity index is 2.28. The van der Waals surface area contributed by atoms with Gasteiger partial charge in [0.05, 0.1) is 12.2 Å². The summed E-state index contributed by atoms with van der Waals surface area (Å²) in [5, 5.41) is 0. The first-order valence-corrected chi connectivity index (χ1v) is 5.64. The van der Waals surface area contributed by atoms with Crippen molar-refractivity contribution in [2.75, 3.05) is 5.88 Å². The summed E-state index contributed by atoms with van der Waals surface area (Å²) in [7, 11) is 0. The zero-order valence-electron chi connectivity index (χ0n) is 8.37. The third kappa shape index (κ3) is 1.94. The van der Waals surface area contributed by atoms with Crippen molar-refractivity contribution in [2.24, 2.45) is 0 Å². The Morgan fingerprint density at radius 3 is 3.00 bits per heavy atom. The van der Waals surface area contributed by atoms with E-state index in [1.165, 1.54) is 11.1 Å². The predicted octanol–water partition coefficient (Wildman–Crippen LogP) is 3.32. The number of fused-ring (bicyclic) bond motifs is 1. The Hall–Kier alpha value is -0.530. The van der Waals surface area contributed by atoms with Gasteiger partial charge in [0.25, 0.3) is 0 Å². The van der Waals surface area contributed by atoms with E-state index >= 15 is 0 Å². The van der Waals surface area contributed by atoms with E-state index in [4.69, 9.17) is 16.3 Å². The molecule has 1 heterocycles. The molecular formula is C12H15ClO. The van der Waals surface area contributed by atoms with Crippen LogP contribution in [0.2, 0.25) is 0 Å². The predicted molar refractivity (Wildman–Crippen MR) is 58.8 cm³/mol. The lowest BCUT2D eigenvalue weighted by Gasteiger charge is -2.30. The molecule has 1 aromatic carbocycles. The Kier molecular flexibility index (Phi) is 3.09. The molecule has 1 aliphatic heterocycles. The highest BCUT2D eigenvalue weighted by Gasteiger charge is 2.23. The lowest BCUT2D eigenvalue weighted by molar-refractivity contribution is -0.0167. The van der Waals surface area contributed by atoms with E-state index in [1.807, 2.05) is 0 Å². The molecule has 2 rings (SSSR count). The molecule has 0 N–H and O–H groups in total. The molecule has 0 saturated heterocycles. The van der Waals surface area contributed by atoms with E-state index in [9.17, 15) is 0 Å². The maximum atomic E-state index is 5.87. The zero-order valence-corrected chi connectivity index (χ0v) is 9.13. The quantitative estimate of drug-likeness (QED) is 0.681. The van der Waals surface area contributed by atoms with Gasteiger partial charge < -0.3 is 4.74 Å². The fraction of sp³-hybridized carbons (Fsp3) is 0.500. The van der Waals surface area contributed by atoms with Crippen molar-refractivity contribution in [3.63, 3.8) is 0 Å². The van der Waals surface area contributed by atoms with Crippen molar-refractivity contribution in [2.45, 2.75) is 32.0 Å². The maximum absolute atomic E-state index is 5.87. The number of hydrogen-bond acceptors (Lipinski definition) is 1. The van der Waals surface area contributed by atoms with Crippen molar-refractivity contribution in [1.29, 1.82) is 0 Å². The standard InChI is InChI=1S/C12H15ClO/c1-9-8-10-4-2-3-5-11(10)12(14-9)6-7-13/h2-5,9,12H,6-8H2,1H3/t9-,12+/m1/s1. The second kappa shape index (κ2) is 4.33. The van der Waals surface area contributed by atoms with Crippen LogP contribution in [-0.2, 0) is 11.2 Å². The molecule has 0 spiro atoms. The van der Waals surface area contributed by atoms with E-state index in [0.717, 1.165) is 12.8 Å². The van der Waals surface area contributed by atoms with Gasteiger partial charge in [-0.15, -0.1) is 11.6 Å². The molecule has 1 aliphatic rings. The molecule has 0 unspecified atom stereocenters. The maximum Gasteiger partial charge on any atom is 0.0842 e. The molecule has 76 valence electrons. The molecule has 14 heavy (non-hydrogen) atoms. The minimum Gasteiger partial charge on any atom is -0.370 e. The Morgan fingerprint density at radius 1 is 1.43 bits per heavy atom. The number of hydrogen-bond donors (Lipinski definition) is 0. The zero-order chi connectivity index (χ0) is 9.97. The molecule has 1 nitrogen and oxygen atoms in total. The monoisotopic (exact) mass is 210 g/mol. The first-order chi connectivity index (χ1) is 6.81. The molecule has 0 radical (unpaired) electrons. The van der Waals surface area contributed by atoms with Crippen LogP contribution in [0, 0.1) is 0 Å². The number of rotatable bonds is 2. The molecule has 0 aliphatic carbocycles. The third-order valence-electron chi connectivity index (χ3n) is 2.68. The van der Waals surface area contributed by atoms with Gasteiger partial charge in [0, 0.05) is 5.88 Å². The summed E-state index contributed by atoms with van der Waals surface area (Å²) in [6.45, 7) is 2.12. The average Bonchev–Trinajstić information content (AvgIpc) is 2.18. The van der Waals surface area contributed by atoms with Gasteiger partial charge in [-0.25, -0.2) is 0 Å². The normalized spacial score (nSPS) is 25.9. The van der Waals surface area contributed by atoms with Gasteiger partial charge in [0.15, 0.2) is 0 Å². The fourth-order valence-corrected chi connectivity index (χ4v) is 2.27. The highest BCUT2D eigenvalue weighted by molar-refractivity contribution is 6.17. The first kappa shape index (κ1) is 10.0. The molecule has 0 bridgehead atoms. The van der Waals surface area contributed by atoms with Gasteiger partial charge in [-0.1, -0.05) is 24.3 Å². The second-order valence-electron chi connectivity index (χ2n) is 3.82. The smallest absolute Gasteiger partial charge is 0.0842 e. The number of benzene rings is 1. The molecule has 0 saturated carbocycles. The van der Waals surface area contributed by atoms with E-state index in [-0.39, 0.29) is 6.10 Å². The van der Waals surface area contributed by atoms with Crippen LogP contribution < -0.4 is 0 Å². The molecule has 0 amide bonds. The highest BCUT2D eigenvalue weighted by atomic mass is 35.5. The van der Waals surface area contributed by atoms with Crippen LogP contribution in [0.15, 0.2) is 24.3 Å². The van der Waals surface area contributed by atoms with Crippen LogP contribution >= 0.6 is 11.6 Å². The largest absolute Gasteiger partial charge is 0.370 e. The van der Waals surface area contributed by atoms with Gasteiger partial charge in [0.2, 0.25) is 0 Å². The summed E-state index contributed by atoms with van der Waals surface area (Å²) in [4.78, 5) is 0. The van der Waals surface area contributed by atoms with Gasteiger partial charge in [-0.3, -0.25) is 0 Å². The molecular weight excluding hydrogens is 196 g/mol. The SMILES string of the molecule is C[C@@H]1Cc2ccccc2[C@H](CCCl)O1. The van der Waals surface area contributed by atoms with Crippen molar-refractivity contribution >= 4 is 11.6 Å². The minimum absolute atomic E-state index is 0.201. The van der Waals surface area contributed by atoms with Gasteiger partial charge in [-0.2, -0.15) is 0 Å². The van der Waals surface area contributed by atoms with Crippen LogP contribution in [-0.4, -0.2) is 12.0 Å². The lowest BCUT2D eigenvalue weighted by Crippen LogP contribution is -2.23. The van der Waals surface area contributed by atoms with Crippen molar-refractivity contribution < 1.29 is 4.74 Å². The number of alkyl halides is 1. The average molecular weight is 211 g/mol. The van der Waals surface area contributed by atoms with E-state index in [0.29, 0.717) is 12.0 Å². The van der Waals surface area contributed by atoms with Gasteiger partial charge >= 0.3 is 0 Å². The summed E-state index contributed by atoms with van der Waals surface area (Å²) in [5.41, 5.74) is 2.74. The van der Waals surface area contributed by atoms with Crippen LogP contribution in [0.25, 0.3) is 0 Å². The summed E-state index contributed by atoms with van der Waals surface area (Å²) in [5.74, 6) is 0.658. The van der Waals surface area contributed by atoms with E-state index in [1.54, 1.807) is 0 Å². The number of halogens is 1. The van der Waals surface area contributed by atoms with Crippen LogP contribution in [0.1, 0.15) is 30.6 Å². The van der Waals surface area contributed by atoms with E-state index in [2.05, 4.69) is 31.2 Å². The fourth-order valence-electron chi connectivity index (χ4n) is 2.07. The van der Waals surface area contributed by atoms with Crippen molar-refractivity contribution in [1.82, 2.24) is 0 Å². The molecule has 1 aromatic rings. The second-order valence-corrected chi connectivity index (χ2v) is 4.19. The third-order valence-corrected chi connectivity index (χ3v) is 2.90. The van der Waals surface area contributed by atoms with Crippen LogP contribution in [0.3, 0.4) is 0 Å². The van der Waals surface area contributed by atoms with E-state index < -0.39 is 0 Å². The van der Waals surface area contributed by atoms with Crippen LogP contribution in [0.4, 0.5) is 0 Å². The minimum atomic E-state index is 0.201. The summed E-state index contributed by atoms with van der Waals surface area (Å²) >= 11 is 5.77. The van der Waals surface area contributed by atoms with Crippen molar-refractivity contribution in [3.05, 3.63) is 35.4 Å². The van der Waals surface area contributed by atoms with Crippen LogP contribution in [0.5, 0.6) is 0 Å². The lowest BCUT2D eigenvalue weighted by atomic mass is 9.93. The Morgan fingerprint density at radius 2 is 2.21 bits per heavy atom. The topological polar surface area (TPSA) is 9.23 Å². The van der Waals surface area contributed by atoms with Gasteiger partial charge in [-0.05, 0) is 30.9 Å². The molecule has 0 aromatic heterocycles. The number of ether oxygens (including phenoxy) is 1. The molecule has 2 heteroatoms. The Labute approximate surface area is 90.0 Å². The van der Waals surface area contributed by atoms with Crippen molar-refractivity contribution in [3.8, 4) is 0 Å². The summed E-state index contributed by atoms with van der Waals surface area (Å²) in [6.07, 6.45) is 2.45. The Bertz CT molecular complexity index is 311.